The number of aryl methyl sites for hydroxylation is 1. The van der Waals surface area contributed by atoms with E-state index in [1.807, 2.05) is 0 Å². The van der Waals surface area contributed by atoms with Crippen molar-refractivity contribution in [3.8, 4) is 0 Å². The van der Waals surface area contributed by atoms with Crippen LogP contribution in [0.3, 0.4) is 0 Å². The van der Waals surface area contributed by atoms with Crippen molar-refractivity contribution in [2.45, 2.75) is 6.92 Å². The minimum absolute atomic E-state index is 0.395. The summed E-state index contributed by atoms with van der Waals surface area (Å²) in [5, 5.41) is 0. The zero-order valence-corrected chi connectivity index (χ0v) is 19.5. The first-order valence-electron chi connectivity index (χ1n) is 9.36. The molecular weight excluding hydrogens is 472 g/mol. The van der Waals surface area contributed by atoms with Crippen LogP contribution in [0, 0.1) is 6.92 Å². The molecule has 3 aromatic rings. The van der Waals surface area contributed by atoms with Crippen molar-refractivity contribution in [1.29, 1.82) is 0 Å². The second-order valence-electron chi connectivity index (χ2n) is 6.35. The van der Waals surface area contributed by atoms with Crippen LogP contribution >= 0.6 is 0 Å². The molecule has 0 aliphatic carbocycles. The second-order valence-corrected chi connectivity index (χ2v) is 10.5. The zero-order chi connectivity index (χ0) is 19.4. The predicted molar refractivity (Wildman–Crippen MR) is 125 cm³/mol. The third-order valence-corrected chi connectivity index (χ3v) is 7.80. The van der Waals surface area contributed by atoms with Crippen LogP contribution in [0.4, 0.5) is 5.69 Å². The summed E-state index contributed by atoms with van der Waals surface area (Å²) in [6, 6.07) is 30.3. The standard InChI is InChI=1S/C25H25NSe2/c1-22-14-16-23(17-15-22)26(18-8-20-27-24-10-4-2-5-11-24)19-9-21-28-25-12-6-3-7-13-25/h2-17,20-21H,18-19H2,1H3. The van der Waals surface area contributed by atoms with Crippen molar-refractivity contribution in [2.75, 3.05) is 18.0 Å². The molecule has 3 rings (SSSR count). The Kier molecular flexibility index (Phi) is 8.68. The van der Waals surface area contributed by atoms with E-state index >= 15 is 0 Å². The van der Waals surface area contributed by atoms with E-state index in [9.17, 15) is 0 Å². The molecule has 3 heteroatoms. The van der Waals surface area contributed by atoms with E-state index in [0.717, 1.165) is 13.1 Å². The van der Waals surface area contributed by atoms with Gasteiger partial charge < -0.3 is 0 Å². The van der Waals surface area contributed by atoms with Gasteiger partial charge in [0.15, 0.2) is 0 Å². The number of rotatable bonds is 9. The van der Waals surface area contributed by atoms with Gasteiger partial charge in [-0.25, -0.2) is 0 Å². The summed E-state index contributed by atoms with van der Waals surface area (Å²) in [6.07, 6.45) is 4.62. The van der Waals surface area contributed by atoms with Gasteiger partial charge in [0.25, 0.3) is 0 Å². The maximum atomic E-state index is 2.43. The Morgan fingerprint density at radius 1 is 0.643 bits per heavy atom. The molecule has 3 aromatic carbocycles. The van der Waals surface area contributed by atoms with E-state index in [0.29, 0.717) is 29.9 Å². The van der Waals surface area contributed by atoms with E-state index in [2.05, 4.69) is 119 Å². The van der Waals surface area contributed by atoms with Crippen LogP contribution in [0.1, 0.15) is 5.56 Å². The summed E-state index contributed by atoms with van der Waals surface area (Å²) in [5.74, 6) is 0. The fourth-order valence-electron chi connectivity index (χ4n) is 2.63. The number of hydrogen-bond donors (Lipinski definition) is 0. The molecule has 0 aliphatic rings. The quantitative estimate of drug-likeness (QED) is 0.406. The van der Waals surface area contributed by atoms with E-state index in [1.165, 1.54) is 20.2 Å². The third-order valence-electron chi connectivity index (χ3n) is 4.14. The maximum absolute atomic E-state index is 2.43. The monoisotopic (exact) mass is 499 g/mol. The van der Waals surface area contributed by atoms with Crippen molar-refractivity contribution >= 4 is 44.5 Å². The van der Waals surface area contributed by atoms with Gasteiger partial charge in [0.1, 0.15) is 0 Å². The van der Waals surface area contributed by atoms with Gasteiger partial charge in [-0.15, -0.1) is 0 Å². The van der Waals surface area contributed by atoms with Crippen molar-refractivity contribution in [2.24, 2.45) is 0 Å². The van der Waals surface area contributed by atoms with Gasteiger partial charge in [-0.05, 0) is 0 Å². The predicted octanol–water partition coefficient (Wildman–Crippen LogP) is 3.89. The van der Waals surface area contributed by atoms with Gasteiger partial charge >= 0.3 is 182 Å². The molecule has 0 atom stereocenters. The van der Waals surface area contributed by atoms with Crippen LogP contribution in [0.15, 0.2) is 107 Å². The molecule has 0 spiro atoms. The molecule has 0 aliphatic heterocycles. The van der Waals surface area contributed by atoms with Crippen LogP contribution in [0.2, 0.25) is 0 Å². The average molecular weight is 497 g/mol. The summed E-state index contributed by atoms with van der Waals surface area (Å²) in [4.78, 5) is 7.09. The molecule has 1 nitrogen and oxygen atoms in total. The topological polar surface area (TPSA) is 3.24 Å². The SMILES string of the molecule is Cc1ccc(N(CC=C[Se]c2ccccc2)CC=C[Se]c2ccccc2)cc1. The number of anilines is 1. The molecule has 0 N–H and O–H groups in total. The molecule has 0 heterocycles. The number of hydrogen-bond acceptors (Lipinski definition) is 1. The average Bonchev–Trinajstić information content (AvgIpc) is 2.75. The fraction of sp³-hybridized carbons (Fsp3) is 0.120. The Hall–Kier alpha value is -2.02. The van der Waals surface area contributed by atoms with E-state index < -0.39 is 0 Å². The van der Waals surface area contributed by atoms with Gasteiger partial charge in [0.05, 0.1) is 0 Å². The molecule has 28 heavy (non-hydrogen) atoms. The first kappa shape index (κ1) is 20.7. The first-order chi connectivity index (χ1) is 13.8. The van der Waals surface area contributed by atoms with Crippen molar-refractivity contribution in [3.63, 3.8) is 0 Å². The van der Waals surface area contributed by atoms with Gasteiger partial charge in [-0.2, -0.15) is 0 Å². The third kappa shape index (κ3) is 7.19. The number of benzene rings is 3. The van der Waals surface area contributed by atoms with E-state index in [-0.39, 0.29) is 0 Å². The van der Waals surface area contributed by atoms with E-state index in [4.69, 9.17) is 0 Å². The van der Waals surface area contributed by atoms with Gasteiger partial charge in [0.2, 0.25) is 0 Å². The Morgan fingerprint density at radius 3 is 1.57 bits per heavy atom. The Labute approximate surface area is 181 Å². The van der Waals surface area contributed by atoms with Crippen LogP contribution in [-0.4, -0.2) is 43.0 Å². The normalized spacial score (nSPS) is 11.3. The van der Waals surface area contributed by atoms with Gasteiger partial charge in [-0.3, -0.25) is 0 Å². The Bertz CT molecular complexity index is 818. The molecule has 0 aromatic heterocycles. The minimum atomic E-state index is 0.395. The van der Waals surface area contributed by atoms with Gasteiger partial charge in [-0.1, -0.05) is 0 Å². The zero-order valence-electron chi connectivity index (χ0n) is 16.1. The molecule has 0 fully saturated rings. The summed E-state index contributed by atoms with van der Waals surface area (Å²) >= 11 is 0.791. The van der Waals surface area contributed by atoms with Crippen LogP contribution in [-0.2, 0) is 0 Å². The summed E-state index contributed by atoms with van der Waals surface area (Å²) < 4.78 is 2.83. The molecule has 142 valence electrons. The van der Waals surface area contributed by atoms with Gasteiger partial charge in [0, 0.05) is 0 Å². The van der Waals surface area contributed by atoms with Crippen molar-refractivity contribution in [1.82, 2.24) is 0 Å². The molecule has 0 saturated heterocycles. The van der Waals surface area contributed by atoms with Crippen LogP contribution in [0.5, 0.6) is 0 Å². The van der Waals surface area contributed by atoms with E-state index in [1.54, 1.807) is 0 Å². The molecule has 0 bridgehead atoms. The van der Waals surface area contributed by atoms with Crippen LogP contribution < -0.4 is 13.8 Å². The fourth-order valence-corrected chi connectivity index (χ4v) is 5.38. The Balaban J connectivity index is 1.59. The summed E-state index contributed by atoms with van der Waals surface area (Å²) in [6.45, 7) is 4.00. The molecule has 0 amide bonds. The molecular formula is C25H25NSe2. The second kappa shape index (κ2) is 11.7. The molecule has 0 unspecified atom stereocenters. The molecule has 0 saturated carbocycles. The van der Waals surface area contributed by atoms with Crippen molar-refractivity contribution in [3.05, 3.63) is 113 Å². The first-order valence-corrected chi connectivity index (χ1v) is 13.1. The summed E-state index contributed by atoms with van der Waals surface area (Å²) in [5.41, 5.74) is 2.58. The van der Waals surface area contributed by atoms with Crippen molar-refractivity contribution < 1.29 is 0 Å². The Morgan fingerprint density at radius 2 is 1.11 bits per heavy atom. The summed E-state index contributed by atoms with van der Waals surface area (Å²) in [7, 11) is 0. The number of nitrogens with zero attached hydrogens (tertiary/aromatic N) is 1. The molecule has 0 radical (unpaired) electrons. The van der Waals surface area contributed by atoms with Crippen LogP contribution in [0.25, 0.3) is 0 Å².